The van der Waals surface area contributed by atoms with Gasteiger partial charge in [-0.1, -0.05) is 24.3 Å². The lowest BCUT2D eigenvalue weighted by Gasteiger charge is -2.18. The van der Waals surface area contributed by atoms with E-state index in [4.69, 9.17) is 0 Å². The second-order valence-corrected chi connectivity index (χ2v) is 6.18. The van der Waals surface area contributed by atoms with E-state index >= 15 is 0 Å². The van der Waals surface area contributed by atoms with E-state index in [0.717, 1.165) is 49.5 Å². The fourth-order valence-electron chi connectivity index (χ4n) is 3.54. The Kier molecular flexibility index (Phi) is 3.11. The summed E-state index contributed by atoms with van der Waals surface area (Å²) in [5.41, 5.74) is 3.36. The Morgan fingerprint density at radius 2 is 1.76 bits per heavy atom. The molecule has 1 N–H and O–H groups in total. The van der Waals surface area contributed by atoms with Crippen molar-refractivity contribution in [3.05, 3.63) is 42.0 Å². The van der Waals surface area contributed by atoms with Crippen LogP contribution < -0.4 is 10.2 Å². The SMILES string of the molecule is Cc1ccccc1-c1ccc(N2CC3CNCC3C2)nn1. The number of aromatic nitrogens is 2. The van der Waals surface area contributed by atoms with E-state index in [2.05, 4.69) is 57.7 Å². The molecule has 4 nitrogen and oxygen atoms in total. The molecule has 0 saturated carbocycles. The summed E-state index contributed by atoms with van der Waals surface area (Å²) in [5.74, 6) is 2.58. The number of fused-ring (bicyclic) bond motifs is 1. The molecular weight excluding hydrogens is 260 g/mol. The lowest BCUT2D eigenvalue weighted by atomic mass is 10.0. The monoisotopic (exact) mass is 280 g/mol. The minimum atomic E-state index is 0.780. The molecule has 3 heterocycles. The summed E-state index contributed by atoms with van der Waals surface area (Å²) in [5, 5.41) is 12.4. The van der Waals surface area contributed by atoms with Crippen LogP contribution in [0, 0.1) is 18.8 Å². The first-order valence-corrected chi connectivity index (χ1v) is 7.66. The quantitative estimate of drug-likeness (QED) is 0.915. The molecule has 0 bridgehead atoms. The lowest BCUT2D eigenvalue weighted by Crippen LogP contribution is -2.26. The highest BCUT2D eigenvalue weighted by molar-refractivity contribution is 5.63. The summed E-state index contributed by atoms with van der Waals surface area (Å²) >= 11 is 0. The first-order valence-electron chi connectivity index (χ1n) is 7.66. The van der Waals surface area contributed by atoms with Crippen molar-refractivity contribution in [1.82, 2.24) is 15.5 Å². The van der Waals surface area contributed by atoms with Crippen molar-refractivity contribution in [3.8, 4) is 11.3 Å². The Bertz CT molecular complexity index is 625. The third-order valence-electron chi connectivity index (χ3n) is 4.78. The molecule has 2 fully saturated rings. The van der Waals surface area contributed by atoms with Gasteiger partial charge in [0, 0.05) is 31.7 Å². The molecule has 1 aromatic carbocycles. The van der Waals surface area contributed by atoms with Crippen LogP contribution in [-0.4, -0.2) is 36.4 Å². The lowest BCUT2D eigenvalue weighted by molar-refractivity contribution is 0.533. The summed E-state index contributed by atoms with van der Waals surface area (Å²) < 4.78 is 0. The third-order valence-corrected chi connectivity index (χ3v) is 4.78. The van der Waals surface area contributed by atoms with Crippen molar-refractivity contribution in [2.75, 3.05) is 31.1 Å². The van der Waals surface area contributed by atoms with Crippen molar-refractivity contribution < 1.29 is 0 Å². The van der Waals surface area contributed by atoms with Gasteiger partial charge in [-0.25, -0.2) is 0 Å². The average molecular weight is 280 g/mol. The van der Waals surface area contributed by atoms with Gasteiger partial charge in [0.15, 0.2) is 5.82 Å². The van der Waals surface area contributed by atoms with Gasteiger partial charge in [-0.05, 0) is 36.5 Å². The summed E-state index contributed by atoms with van der Waals surface area (Å²) in [4.78, 5) is 2.38. The normalized spacial score (nSPS) is 24.3. The zero-order valence-corrected chi connectivity index (χ0v) is 12.3. The molecule has 4 rings (SSSR count). The number of benzene rings is 1. The summed E-state index contributed by atoms with van der Waals surface area (Å²) in [6.45, 7) is 6.62. The molecule has 0 aliphatic carbocycles. The van der Waals surface area contributed by atoms with Gasteiger partial charge in [0.1, 0.15) is 0 Å². The molecule has 1 aromatic heterocycles. The van der Waals surface area contributed by atoms with Gasteiger partial charge in [-0.15, -0.1) is 10.2 Å². The number of hydrogen-bond acceptors (Lipinski definition) is 4. The molecule has 0 spiro atoms. The van der Waals surface area contributed by atoms with Crippen LogP contribution in [0.25, 0.3) is 11.3 Å². The Hall–Kier alpha value is -1.94. The van der Waals surface area contributed by atoms with E-state index in [0.29, 0.717) is 0 Å². The highest BCUT2D eigenvalue weighted by Crippen LogP contribution is 2.30. The Morgan fingerprint density at radius 1 is 1.00 bits per heavy atom. The van der Waals surface area contributed by atoms with Crippen LogP contribution in [0.3, 0.4) is 0 Å². The summed E-state index contributed by atoms with van der Waals surface area (Å²) in [6.07, 6.45) is 0. The largest absolute Gasteiger partial charge is 0.354 e. The molecule has 108 valence electrons. The zero-order chi connectivity index (χ0) is 14.2. The summed E-state index contributed by atoms with van der Waals surface area (Å²) in [7, 11) is 0. The first kappa shape index (κ1) is 12.8. The number of nitrogens with zero attached hydrogens (tertiary/aromatic N) is 3. The molecule has 2 saturated heterocycles. The number of hydrogen-bond donors (Lipinski definition) is 1. The molecule has 2 aliphatic heterocycles. The van der Waals surface area contributed by atoms with Gasteiger partial charge in [-0.3, -0.25) is 0 Å². The molecule has 0 amide bonds. The van der Waals surface area contributed by atoms with Crippen molar-refractivity contribution in [2.45, 2.75) is 6.92 Å². The standard InChI is InChI=1S/C17H20N4/c1-12-4-2-3-5-15(12)16-6-7-17(20-19-16)21-10-13-8-18-9-14(13)11-21/h2-7,13-14,18H,8-11H2,1H3. The van der Waals surface area contributed by atoms with Crippen LogP contribution in [-0.2, 0) is 0 Å². The van der Waals surface area contributed by atoms with Gasteiger partial charge in [0.25, 0.3) is 0 Å². The van der Waals surface area contributed by atoms with E-state index in [1.165, 1.54) is 11.1 Å². The van der Waals surface area contributed by atoms with Crippen molar-refractivity contribution >= 4 is 5.82 Å². The Labute approximate surface area is 125 Å². The van der Waals surface area contributed by atoms with Gasteiger partial charge >= 0.3 is 0 Å². The fraction of sp³-hybridized carbons (Fsp3) is 0.412. The number of nitrogens with one attached hydrogen (secondary N) is 1. The second-order valence-electron chi connectivity index (χ2n) is 6.18. The molecule has 4 heteroatoms. The molecule has 2 aliphatic rings. The number of aryl methyl sites for hydroxylation is 1. The van der Waals surface area contributed by atoms with Crippen molar-refractivity contribution in [2.24, 2.45) is 11.8 Å². The predicted molar refractivity (Wildman–Crippen MR) is 84.3 cm³/mol. The maximum absolute atomic E-state index is 4.46. The van der Waals surface area contributed by atoms with Gasteiger partial charge < -0.3 is 10.2 Å². The predicted octanol–water partition coefficient (Wildman–Crippen LogP) is 2.11. The maximum Gasteiger partial charge on any atom is 0.151 e. The molecule has 0 radical (unpaired) electrons. The highest BCUT2D eigenvalue weighted by atomic mass is 15.3. The highest BCUT2D eigenvalue weighted by Gasteiger charge is 2.36. The Morgan fingerprint density at radius 3 is 2.43 bits per heavy atom. The minimum Gasteiger partial charge on any atom is -0.354 e. The van der Waals surface area contributed by atoms with Crippen molar-refractivity contribution in [1.29, 1.82) is 0 Å². The Balaban J connectivity index is 1.56. The van der Waals surface area contributed by atoms with Crippen molar-refractivity contribution in [3.63, 3.8) is 0 Å². The van der Waals surface area contributed by atoms with Crippen LogP contribution in [0.1, 0.15) is 5.56 Å². The van der Waals surface area contributed by atoms with E-state index < -0.39 is 0 Å². The smallest absolute Gasteiger partial charge is 0.151 e. The molecule has 2 aromatic rings. The first-order chi connectivity index (χ1) is 10.3. The average Bonchev–Trinajstić information content (AvgIpc) is 3.09. The van der Waals surface area contributed by atoms with Gasteiger partial charge in [0.05, 0.1) is 5.69 Å². The molecule has 2 atom stereocenters. The minimum absolute atomic E-state index is 0.780. The van der Waals surface area contributed by atoms with Crippen LogP contribution in [0.2, 0.25) is 0 Å². The van der Waals surface area contributed by atoms with Crippen LogP contribution in [0.4, 0.5) is 5.82 Å². The van der Waals surface area contributed by atoms with E-state index in [1.807, 2.05) is 6.07 Å². The summed E-state index contributed by atoms with van der Waals surface area (Å²) in [6, 6.07) is 12.5. The topological polar surface area (TPSA) is 41.0 Å². The fourth-order valence-corrected chi connectivity index (χ4v) is 3.54. The van der Waals surface area contributed by atoms with Crippen LogP contribution >= 0.6 is 0 Å². The van der Waals surface area contributed by atoms with Gasteiger partial charge in [0.2, 0.25) is 0 Å². The molecule has 21 heavy (non-hydrogen) atoms. The van der Waals surface area contributed by atoms with Crippen LogP contribution in [0.15, 0.2) is 36.4 Å². The maximum atomic E-state index is 4.46. The van der Waals surface area contributed by atoms with E-state index in [-0.39, 0.29) is 0 Å². The van der Waals surface area contributed by atoms with E-state index in [9.17, 15) is 0 Å². The third kappa shape index (κ3) is 2.29. The van der Waals surface area contributed by atoms with Gasteiger partial charge in [-0.2, -0.15) is 0 Å². The number of rotatable bonds is 2. The zero-order valence-electron chi connectivity index (χ0n) is 12.3. The van der Waals surface area contributed by atoms with Crippen LogP contribution in [0.5, 0.6) is 0 Å². The molecule has 2 unspecified atom stereocenters. The van der Waals surface area contributed by atoms with E-state index in [1.54, 1.807) is 0 Å². The second kappa shape index (κ2) is 5.11. The number of anilines is 1. The molecular formula is C17H20N4.